The van der Waals surface area contributed by atoms with Gasteiger partial charge in [-0.3, -0.25) is 4.79 Å². The number of halogens is 2. The molecule has 0 radical (unpaired) electrons. The van der Waals surface area contributed by atoms with Gasteiger partial charge in [0, 0.05) is 16.8 Å². The first-order valence-corrected chi connectivity index (χ1v) is 10.8. The Morgan fingerprint density at radius 3 is 2.53 bits per heavy atom. The van der Waals surface area contributed by atoms with Crippen molar-refractivity contribution in [2.75, 3.05) is 11.1 Å². The predicted octanol–water partition coefficient (Wildman–Crippen LogP) is 5.52. The van der Waals surface area contributed by atoms with Crippen LogP contribution >= 0.6 is 23.4 Å². The largest absolute Gasteiger partial charge is 0.480 e. The number of para-hydroxylation sites is 1. The zero-order valence-corrected chi connectivity index (χ0v) is 18.4. The molecule has 1 heterocycles. The Balaban J connectivity index is 1.68. The molecule has 3 rings (SSSR count). The minimum Gasteiger partial charge on any atom is -0.480 e. The summed E-state index contributed by atoms with van der Waals surface area (Å²) in [6.07, 6.45) is -0.519. The Morgan fingerprint density at radius 2 is 1.87 bits per heavy atom. The van der Waals surface area contributed by atoms with E-state index in [1.54, 1.807) is 49.4 Å². The van der Waals surface area contributed by atoms with Gasteiger partial charge in [-0.05, 0) is 57.2 Å². The molecule has 0 aliphatic heterocycles. The van der Waals surface area contributed by atoms with Crippen molar-refractivity contribution in [2.24, 2.45) is 0 Å². The SMILES string of the molecule is CC(Oc1ccccc1F)c1nnc(SCC(=O)Nc2ccc(Cl)cc2)n1C(C)C. The summed E-state index contributed by atoms with van der Waals surface area (Å²) in [5.41, 5.74) is 0.669. The Labute approximate surface area is 183 Å². The number of amides is 1. The quantitative estimate of drug-likeness (QED) is 0.459. The molecule has 0 saturated carbocycles. The van der Waals surface area contributed by atoms with Gasteiger partial charge in [-0.25, -0.2) is 4.39 Å². The van der Waals surface area contributed by atoms with Crippen LogP contribution in [0, 0.1) is 5.82 Å². The summed E-state index contributed by atoms with van der Waals surface area (Å²) in [5, 5.41) is 12.5. The van der Waals surface area contributed by atoms with E-state index in [0.29, 0.717) is 21.7 Å². The van der Waals surface area contributed by atoms with E-state index in [9.17, 15) is 9.18 Å². The van der Waals surface area contributed by atoms with Gasteiger partial charge in [0.05, 0.1) is 5.75 Å². The van der Waals surface area contributed by atoms with Crippen LogP contribution in [-0.2, 0) is 4.79 Å². The van der Waals surface area contributed by atoms with E-state index in [1.807, 2.05) is 18.4 Å². The molecule has 6 nitrogen and oxygen atoms in total. The van der Waals surface area contributed by atoms with Crippen molar-refractivity contribution >= 4 is 35.0 Å². The van der Waals surface area contributed by atoms with E-state index in [-0.39, 0.29) is 23.5 Å². The number of carbonyl (C=O) groups is 1. The summed E-state index contributed by atoms with van der Waals surface area (Å²) >= 11 is 7.13. The number of rotatable bonds is 8. The van der Waals surface area contributed by atoms with Crippen LogP contribution in [0.4, 0.5) is 10.1 Å². The summed E-state index contributed by atoms with van der Waals surface area (Å²) in [6.45, 7) is 5.76. The molecule has 0 saturated heterocycles. The monoisotopic (exact) mass is 448 g/mol. The molecule has 0 fully saturated rings. The predicted molar refractivity (Wildman–Crippen MR) is 117 cm³/mol. The molecule has 30 heavy (non-hydrogen) atoms. The standard InChI is InChI=1S/C21H22ClFN4O2S/c1-13(2)27-20(14(3)29-18-7-5-4-6-17(18)23)25-26-21(27)30-12-19(28)24-16-10-8-15(22)9-11-16/h4-11,13-14H,12H2,1-3H3,(H,24,28). The fourth-order valence-corrected chi connectivity index (χ4v) is 3.79. The zero-order chi connectivity index (χ0) is 21.7. The van der Waals surface area contributed by atoms with Crippen LogP contribution in [0.2, 0.25) is 5.02 Å². The van der Waals surface area contributed by atoms with E-state index in [4.69, 9.17) is 16.3 Å². The minimum absolute atomic E-state index is 0.0310. The lowest BCUT2D eigenvalue weighted by molar-refractivity contribution is -0.113. The van der Waals surface area contributed by atoms with Gasteiger partial charge in [0.2, 0.25) is 5.91 Å². The smallest absolute Gasteiger partial charge is 0.234 e. The van der Waals surface area contributed by atoms with Gasteiger partial charge in [0.15, 0.2) is 28.7 Å². The average Bonchev–Trinajstić information content (AvgIpc) is 3.14. The van der Waals surface area contributed by atoms with Crippen molar-refractivity contribution in [2.45, 2.75) is 38.1 Å². The van der Waals surface area contributed by atoms with Gasteiger partial charge in [-0.1, -0.05) is 35.5 Å². The van der Waals surface area contributed by atoms with Crippen LogP contribution < -0.4 is 10.1 Å². The van der Waals surface area contributed by atoms with Crippen molar-refractivity contribution in [3.05, 3.63) is 65.2 Å². The highest BCUT2D eigenvalue weighted by Crippen LogP contribution is 2.28. The van der Waals surface area contributed by atoms with Crippen LogP contribution in [-0.4, -0.2) is 26.4 Å². The fraction of sp³-hybridized carbons (Fsp3) is 0.286. The van der Waals surface area contributed by atoms with E-state index in [2.05, 4.69) is 15.5 Å². The molecule has 0 bridgehead atoms. The molecule has 0 aliphatic carbocycles. The third-order valence-corrected chi connectivity index (χ3v) is 5.37. The van der Waals surface area contributed by atoms with Crippen LogP contribution in [0.3, 0.4) is 0 Å². The molecule has 0 spiro atoms. The molecule has 2 aromatic carbocycles. The number of nitrogens with zero attached hydrogens (tertiary/aromatic N) is 3. The first kappa shape index (κ1) is 22.1. The fourth-order valence-electron chi connectivity index (χ4n) is 2.79. The summed E-state index contributed by atoms with van der Waals surface area (Å²) < 4.78 is 21.6. The van der Waals surface area contributed by atoms with E-state index >= 15 is 0 Å². The number of ether oxygens (including phenoxy) is 1. The lowest BCUT2D eigenvalue weighted by atomic mass is 10.3. The summed E-state index contributed by atoms with van der Waals surface area (Å²) in [7, 11) is 0. The van der Waals surface area contributed by atoms with Crippen molar-refractivity contribution in [3.63, 3.8) is 0 Å². The number of hydrogen-bond acceptors (Lipinski definition) is 5. The lowest BCUT2D eigenvalue weighted by Gasteiger charge is -2.19. The van der Waals surface area contributed by atoms with Crippen LogP contribution in [0.25, 0.3) is 0 Å². The molecule has 9 heteroatoms. The topological polar surface area (TPSA) is 69.0 Å². The normalized spacial score (nSPS) is 12.1. The van der Waals surface area contributed by atoms with Gasteiger partial charge in [0.25, 0.3) is 0 Å². The lowest BCUT2D eigenvalue weighted by Crippen LogP contribution is -2.16. The second kappa shape index (κ2) is 9.95. The van der Waals surface area contributed by atoms with Crippen molar-refractivity contribution < 1.29 is 13.9 Å². The summed E-state index contributed by atoms with van der Waals surface area (Å²) in [4.78, 5) is 12.3. The maximum atomic E-state index is 13.9. The zero-order valence-electron chi connectivity index (χ0n) is 16.8. The number of anilines is 1. The maximum Gasteiger partial charge on any atom is 0.234 e. The molecule has 1 atom stereocenters. The molecular formula is C21H22ClFN4O2S. The van der Waals surface area contributed by atoms with Gasteiger partial charge >= 0.3 is 0 Å². The molecule has 1 aromatic heterocycles. The molecule has 1 unspecified atom stereocenters. The summed E-state index contributed by atoms with van der Waals surface area (Å²) in [5.74, 6) is 0.274. The molecule has 3 aromatic rings. The Morgan fingerprint density at radius 1 is 1.17 bits per heavy atom. The third-order valence-electron chi connectivity index (χ3n) is 4.17. The molecule has 0 aliphatic rings. The highest BCUT2D eigenvalue weighted by atomic mass is 35.5. The van der Waals surface area contributed by atoms with Gasteiger partial charge < -0.3 is 14.6 Å². The van der Waals surface area contributed by atoms with Crippen molar-refractivity contribution in [1.82, 2.24) is 14.8 Å². The highest BCUT2D eigenvalue weighted by Gasteiger charge is 2.22. The third kappa shape index (κ3) is 5.52. The van der Waals surface area contributed by atoms with E-state index < -0.39 is 11.9 Å². The Hall–Kier alpha value is -2.58. The van der Waals surface area contributed by atoms with Crippen molar-refractivity contribution in [1.29, 1.82) is 0 Å². The van der Waals surface area contributed by atoms with Crippen LogP contribution in [0.15, 0.2) is 53.7 Å². The Bertz CT molecular complexity index is 1010. The Kier molecular flexibility index (Phi) is 7.33. The van der Waals surface area contributed by atoms with Crippen molar-refractivity contribution in [3.8, 4) is 5.75 Å². The maximum absolute atomic E-state index is 13.9. The van der Waals surface area contributed by atoms with Crippen LogP contribution in [0.5, 0.6) is 5.75 Å². The second-order valence-corrected chi connectivity index (χ2v) is 8.22. The number of hydrogen-bond donors (Lipinski definition) is 1. The minimum atomic E-state index is -0.519. The number of aromatic nitrogens is 3. The number of carbonyl (C=O) groups excluding carboxylic acids is 1. The average molecular weight is 449 g/mol. The highest BCUT2D eigenvalue weighted by molar-refractivity contribution is 7.99. The van der Waals surface area contributed by atoms with E-state index in [0.717, 1.165) is 0 Å². The first-order chi connectivity index (χ1) is 14.3. The van der Waals surface area contributed by atoms with Crippen LogP contribution in [0.1, 0.15) is 38.7 Å². The number of nitrogens with one attached hydrogen (secondary N) is 1. The second-order valence-electron chi connectivity index (χ2n) is 6.84. The van der Waals surface area contributed by atoms with Gasteiger partial charge in [-0.2, -0.15) is 0 Å². The first-order valence-electron chi connectivity index (χ1n) is 9.39. The molecule has 158 valence electrons. The number of benzene rings is 2. The molecular weight excluding hydrogens is 427 g/mol. The number of thioether (sulfide) groups is 1. The van der Waals surface area contributed by atoms with Gasteiger partial charge in [0.1, 0.15) is 0 Å². The summed E-state index contributed by atoms with van der Waals surface area (Å²) in [6, 6.07) is 13.2. The van der Waals surface area contributed by atoms with Gasteiger partial charge in [-0.15, -0.1) is 10.2 Å². The molecule has 1 N–H and O–H groups in total. The molecule has 1 amide bonds. The van der Waals surface area contributed by atoms with E-state index in [1.165, 1.54) is 17.8 Å².